The minimum Gasteiger partial charge on any atom is -0.371 e. The molecule has 60 heavy (non-hydrogen) atoms. The summed E-state index contributed by atoms with van der Waals surface area (Å²) in [6, 6.07) is 14.3. The average molecular weight is 823 g/mol. The van der Waals surface area contributed by atoms with E-state index in [1.807, 2.05) is 90.9 Å². The third-order valence-corrected chi connectivity index (χ3v) is 10.0. The molecule has 16 nitrogen and oxygen atoms in total. The molecule has 7 rings (SSSR count). The second-order valence-corrected chi connectivity index (χ2v) is 15.0. The van der Waals surface area contributed by atoms with Gasteiger partial charge in [-0.3, -0.25) is 9.59 Å². The van der Waals surface area contributed by atoms with Crippen molar-refractivity contribution in [2.45, 2.75) is 72.6 Å². The van der Waals surface area contributed by atoms with Crippen LogP contribution >= 0.6 is 11.6 Å². The van der Waals surface area contributed by atoms with Crippen molar-refractivity contribution >= 4 is 68.1 Å². The number of pyridine rings is 2. The topological polar surface area (TPSA) is 206 Å². The van der Waals surface area contributed by atoms with Crippen LogP contribution in [0.5, 0.6) is 0 Å². The van der Waals surface area contributed by atoms with Crippen LogP contribution in [0.3, 0.4) is 0 Å². The van der Waals surface area contributed by atoms with Gasteiger partial charge in [0.15, 0.2) is 0 Å². The molecule has 2 atom stereocenters. The molecule has 6 N–H and O–H groups in total. The highest BCUT2D eigenvalue weighted by Crippen LogP contribution is 2.32. The van der Waals surface area contributed by atoms with E-state index in [2.05, 4.69) is 50.2 Å². The van der Waals surface area contributed by atoms with Crippen LogP contribution in [-0.4, -0.2) is 39.0 Å². The molecule has 5 heterocycles. The number of nitrogens with two attached hydrogens (primary N) is 2. The van der Waals surface area contributed by atoms with E-state index in [0.717, 1.165) is 33.3 Å². The van der Waals surface area contributed by atoms with Gasteiger partial charge >= 0.3 is 0 Å². The van der Waals surface area contributed by atoms with Gasteiger partial charge in [0.05, 0.1) is 41.0 Å². The molecule has 5 aromatic heterocycles. The summed E-state index contributed by atoms with van der Waals surface area (Å²) in [7, 11) is 0. The van der Waals surface area contributed by atoms with Crippen LogP contribution in [0.4, 0.5) is 34.9 Å². The van der Waals surface area contributed by atoms with Crippen molar-refractivity contribution in [3.8, 4) is 11.1 Å². The van der Waals surface area contributed by atoms with E-state index >= 15 is 0 Å². The van der Waals surface area contributed by atoms with Gasteiger partial charge in [-0.15, -0.1) is 0 Å². The number of aryl methyl sites for hydroxylation is 1. The Bertz CT molecular complexity index is 2950. The Labute approximate surface area is 351 Å². The summed E-state index contributed by atoms with van der Waals surface area (Å²) in [6.45, 7) is 28.1. The van der Waals surface area contributed by atoms with Crippen molar-refractivity contribution in [3.63, 3.8) is 0 Å². The molecular weight excluding hydrogens is 780 g/mol. The lowest BCUT2D eigenvalue weighted by atomic mass is 9.99. The fourth-order valence-corrected chi connectivity index (χ4v) is 7.23. The zero-order valence-corrected chi connectivity index (χ0v) is 34.8. The molecule has 0 saturated heterocycles. The summed E-state index contributed by atoms with van der Waals surface area (Å²) >= 11 is 6.26. The van der Waals surface area contributed by atoms with E-state index in [4.69, 9.17) is 36.2 Å². The lowest BCUT2D eigenvalue weighted by molar-refractivity contribution is 0.541. The van der Waals surface area contributed by atoms with Crippen molar-refractivity contribution in [2.75, 3.05) is 22.1 Å². The molecule has 17 heteroatoms. The van der Waals surface area contributed by atoms with Crippen molar-refractivity contribution in [3.05, 3.63) is 139 Å². The van der Waals surface area contributed by atoms with Crippen molar-refractivity contribution < 1.29 is 0 Å². The van der Waals surface area contributed by atoms with E-state index < -0.39 is 0 Å². The molecular formula is C43H43ClN14O2. The molecule has 0 spiro atoms. The number of fused-ring (bicyclic) bond motifs is 2. The Morgan fingerprint density at radius 1 is 0.667 bits per heavy atom. The Kier molecular flexibility index (Phi) is 12.4. The van der Waals surface area contributed by atoms with E-state index in [-0.39, 0.29) is 58.6 Å². The van der Waals surface area contributed by atoms with Gasteiger partial charge in [0.25, 0.3) is 11.1 Å². The van der Waals surface area contributed by atoms with Gasteiger partial charge in [-0.25, -0.2) is 39.6 Å². The molecule has 2 aromatic carbocycles. The highest BCUT2D eigenvalue weighted by Gasteiger charge is 2.22. The number of nitrogens with zero attached hydrogens (tertiary/aromatic N) is 10. The summed E-state index contributed by atoms with van der Waals surface area (Å²) in [5.74, 6) is 1.48. The monoisotopic (exact) mass is 822 g/mol. The standard InChI is InChI=1S/C24H24N8O.C19H19ClN6O/c1-13(2)32-20(14(3)30-22-19(26-5)12-29-24(25)31-22)9-16-7-6-8-18(21(16)23(32)33)17-10-27-15(4)28-11-17;1-10(2)26-15(8-12-6-5-7-13(20)16(12)18(26)27)11(3)24-17-14(22-4)9-23-19(21)25-17/h6-14H,1-4H3,(H3,25,29,30,31);5-11H,1-3H3,(H3,21,23,24,25)/t14-;11-/m00/s1. The Morgan fingerprint density at radius 3 is 1.58 bits per heavy atom. The third kappa shape index (κ3) is 8.55. The number of rotatable bonds is 9. The van der Waals surface area contributed by atoms with Crippen molar-refractivity contribution in [2.24, 2.45) is 0 Å². The van der Waals surface area contributed by atoms with Crippen LogP contribution in [0.15, 0.2) is 82.9 Å². The van der Waals surface area contributed by atoms with Crippen molar-refractivity contribution in [1.29, 1.82) is 0 Å². The fraction of sp³-hybridized carbons (Fsp3) is 0.256. The van der Waals surface area contributed by atoms with Crippen LogP contribution in [0.2, 0.25) is 5.02 Å². The molecule has 0 aliphatic rings. The van der Waals surface area contributed by atoms with Crippen LogP contribution < -0.4 is 33.2 Å². The number of nitrogens with one attached hydrogen (secondary N) is 2. The van der Waals surface area contributed by atoms with Crippen molar-refractivity contribution in [1.82, 2.24) is 39.0 Å². The van der Waals surface area contributed by atoms with Crippen LogP contribution in [0.25, 0.3) is 42.4 Å². The van der Waals surface area contributed by atoms with Crippen LogP contribution in [-0.2, 0) is 0 Å². The van der Waals surface area contributed by atoms with Gasteiger partial charge in [-0.2, -0.15) is 0 Å². The van der Waals surface area contributed by atoms with Crippen LogP contribution in [0.1, 0.15) is 82.9 Å². The highest BCUT2D eigenvalue weighted by atomic mass is 35.5. The number of hydrogen-bond acceptors (Lipinski definition) is 12. The molecule has 0 aliphatic carbocycles. The largest absolute Gasteiger partial charge is 0.371 e. The molecule has 7 aromatic rings. The maximum Gasteiger partial charge on any atom is 0.260 e. The second kappa shape index (κ2) is 17.6. The Balaban J connectivity index is 0.000000205. The molecule has 0 saturated carbocycles. The molecule has 0 bridgehead atoms. The smallest absolute Gasteiger partial charge is 0.260 e. The first-order valence-electron chi connectivity index (χ1n) is 19.0. The molecule has 304 valence electrons. The predicted octanol–water partition coefficient (Wildman–Crippen LogP) is 8.78. The highest BCUT2D eigenvalue weighted by molar-refractivity contribution is 6.35. The minimum atomic E-state index is -0.328. The molecule has 0 unspecified atom stereocenters. The Morgan fingerprint density at radius 2 is 1.12 bits per heavy atom. The van der Waals surface area contributed by atoms with Gasteiger partial charge in [0.1, 0.15) is 17.5 Å². The maximum absolute atomic E-state index is 13.8. The van der Waals surface area contributed by atoms with Gasteiger partial charge < -0.3 is 31.2 Å². The first kappa shape index (κ1) is 42.2. The zero-order valence-electron chi connectivity index (χ0n) is 34.1. The number of aromatic nitrogens is 8. The van der Waals surface area contributed by atoms with Gasteiger partial charge in [-0.05, 0) is 83.0 Å². The predicted molar refractivity (Wildman–Crippen MR) is 237 cm³/mol. The number of hydrogen-bond donors (Lipinski definition) is 4. The van der Waals surface area contributed by atoms with E-state index in [1.165, 1.54) is 12.4 Å². The molecule has 0 aliphatic heterocycles. The normalized spacial score (nSPS) is 12.1. The number of nitrogen functional groups attached to an aromatic ring is 2. The quantitative estimate of drug-likeness (QED) is 0.101. The van der Waals surface area contributed by atoms with E-state index in [9.17, 15) is 9.59 Å². The number of anilines is 4. The first-order valence-corrected chi connectivity index (χ1v) is 19.3. The van der Waals surface area contributed by atoms with Gasteiger partial charge in [0, 0.05) is 53.8 Å². The molecule has 0 fully saturated rings. The van der Waals surface area contributed by atoms with Crippen LogP contribution in [0, 0.1) is 20.1 Å². The second-order valence-electron chi connectivity index (χ2n) is 14.5. The third-order valence-electron chi connectivity index (χ3n) is 9.71. The SMILES string of the molecule is [C-]#[N+]c1cnc(N)nc1N[C@@H](C)c1cc2cccc(-c3cnc(C)nc3)c2c(=O)n1C(C)C.[C-]#[N+]c1cnc(N)nc1N[C@@H](C)c1cc2cccc(Cl)c2c(=O)n1C(C)C. The lowest BCUT2D eigenvalue weighted by Crippen LogP contribution is -2.28. The summed E-state index contributed by atoms with van der Waals surface area (Å²) < 4.78 is 3.47. The number of benzene rings is 2. The Hall–Kier alpha value is -7.43. The minimum absolute atomic E-state index is 0.0711. The summed E-state index contributed by atoms with van der Waals surface area (Å²) in [4.78, 5) is 58.4. The first-order chi connectivity index (χ1) is 28.6. The lowest BCUT2D eigenvalue weighted by Gasteiger charge is -2.24. The molecule has 0 amide bonds. The van der Waals surface area contributed by atoms with E-state index in [1.54, 1.807) is 27.6 Å². The number of halogens is 1. The average Bonchev–Trinajstić information content (AvgIpc) is 3.20. The summed E-state index contributed by atoms with van der Waals surface area (Å²) in [6.07, 6.45) is 6.23. The molecule has 0 radical (unpaired) electrons. The van der Waals surface area contributed by atoms with Gasteiger partial charge in [-0.1, -0.05) is 41.9 Å². The fourth-order valence-electron chi connectivity index (χ4n) is 6.97. The van der Waals surface area contributed by atoms with Gasteiger partial charge in [0.2, 0.25) is 23.3 Å². The van der Waals surface area contributed by atoms with E-state index in [0.29, 0.717) is 33.3 Å². The summed E-state index contributed by atoms with van der Waals surface area (Å²) in [5.41, 5.74) is 14.8. The summed E-state index contributed by atoms with van der Waals surface area (Å²) in [5, 5.41) is 9.53. The maximum atomic E-state index is 13.8. The zero-order chi connectivity index (χ0) is 43.4.